The van der Waals surface area contributed by atoms with Crippen LogP contribution in [0, 0.1) is 11.7 Å². The Morgan fingerprint density at radius 3 is 2.60 bits per heavy atom. The molecule has 0 unspecified atom stereocenters. The standard InChI is InChI=1S/C16H19FN2O/c1-10-6-8-11(9-7-10)15-14(16(18)19-20-15)12-4-2-3-5-13(12)17/h2-5,10-11H,6-9H2,1H3,(H2,18,19). The average molecular weight is 274 g/mol. The Kier molecular flexibility index (Phi) is 3.47. The molecule has 2 aromatic rings. The maximum atomic E-state index is 14.0. The lowest BCUT2D eigenvalue weighted by Gasteiger charge is -2.24. The normalized spacial score (nSPS) is 22.9. The van der Waals surface area contributed by atoms with Crippen molar-refractivity contribution in [2.24, 2.45) is 5.92 Å². The van der Waals surface area contributed by atoms with Crippen molar-refractivity contribution in [2.75, 3.05) is 5.73 Å². The van der Waals surface area contributed by atoms with Gasteiger partial charge in [-0.3, -0.25) is 0 Å². The van der Waals surface area contributed by atoms with Crippen LogP contribution in [0.5, 0.6) is 0 Å². The van der Waals surface area contributed by atoms with Gasteiger partial charge in [0.1, 0.15) is 11.6 Å². The van der Waals surface area contributed by atoms with Crippen molar-refractivity contribution in [2.45, 2.75) is 38.5 Å². The van der Waals surface area contributed by atoms with Crippen LogP contribution in [0.2, 0.25) is 0 Å². The molecule has 1 fully saturated rings. The molecule has 20 heavy (non-hydrogen) atoms. The van der Waals surface area contributed by atoms with Crippen molar-refractivity contribution in [3.05, 3.63) is 35.8 Å². The number of aromatic nitrogens is 1. The van der Waals surface area contributed by atoms with Gasteiger partial charge in [0.05, 0.1) is 5.56 Å². The fourth-order valence-electron chi connectivity index (χ4n) is 3.05. The van der Waals surface area contributed by atoms with Crippen LogP contribution in [-0.2, 0) is 0 Å². The van der Waals surface area contributed by atoms with Gasteiger partial charge in [-0.05, 0) is 24.8 Å². The molecule has 1 saturated carbocycles. The van der Waals surface area contributed by atoms with E-state index in [9.17, 15) is 4.39 Å². The monoisotopic (exact) mass is 274 g/mol. The van der Waals surface area contributed by atoms with E-state index in [0.29, 0.717) is 17.0 Å². The molecule has 4 heteroatoms. The number of nitrogens with two attached hydrogens (primary N) is 1. The maximum Gasteiger partial charge on any atom is 0.175 e. The molecule has 0 spiro atoms. The Labute approximate surface area is 118 Å². The van der Waals surface area contributed by atoms with Crippen molar-refractivity contribution in [3.8, 4) is 11.1 Å². The first kappa shape index (κ1) is 13.2. The summed E-state index contributed by atoms with van der Waals surface area (Å²) >= 11 is 0. The highest BCUT2D eigenvalue weighted by molar-refractivity contribution is 5.76. The van der Waals surface area contributed by atoms with E-state index in [1.807, 2.05) is 0 Å². The van der Waals surface area contributed by atoms with Crippen LogP contribution >= 0.6 is 0 Å². The van der Waals surface area contributed by atoms with E-state index in [0.717, 1.165) is 24.5 Å². The number of benzene rings is 1. The van der Waals surface area contributed by atoms with Gasteiger partial charge < -0.3 is 10.3 Å². The summed E-state index contributed by atoms with van der Waals surface area (Å²) < 4.78 is 19.5. The second-order valence-corrected chi connectivity index (χ2v) is 5.74. The number of hydrogen-bond donors (Lipinski definition) is 1. The average Bonchev–Trinajstić information content (AvgIpc) is 2.82. The van der Waals surface area contributed by atoms with Crippen molar-refractivity contribution in [1.82, 2.24) is 5.16 Å². The van der Waals surface area contributed by atoms with Gasteiger partial charge in [0.2, 0.25) is 0 Å². The van der Waals surface area contributed by atoms with Crippen molar-refractivity contribution in [3.63, 3.8) is 0 Å². The topological polar surface area (TPSA) is 52.0 Å². The SMILES string of the molecule is CC1CCC(c2onc(N)c2-c2ccccc2F)CC1. The summed E-state index contributed by atoms with van der Waals surface area (Å²) in [6, 6.07) is 6.64. The molecule has 1 heterocycles. The van der Waals surface area contributed by atoms with E-state index in [2.05, 4.69) is 12.1 Å². The third kappa shape index (κ3) is 2.30. The van der Waals surface area contributed by atoms with Gasteiger partial charge >= 0.3 is 0 Å². The maximum absolute atomic E-state index is 14.0. The van der Waals surface area contributed by atoms with E-state index in [1.54, 1.807) is 18.2 Å². The number of nitrogens with zero attached hydrogens (tertiary/aromatic N) is 1. The third-order valence-electron chi connectivity index (χ3n) is 4.27. The molecule has 1 aromatic carbocycles. The number of rotatable bonds is 2. The van der Waals surface area contributed by atoms with Crippen molar-refractivity contribution < 1.29 is 8.91 Å². The summed E-state index contributed by atoms with van der Waals surface area (Å²) in [6.07, 6.45) is 4.44. The van der Waals surface area contributed by atoms with E-state index in [-0.39, 0.29) is 11.6 Å². The zero-order valence-electron chi connectivity index (χ0n) is 11.6. The largest absolute Gasteiger partial charge is 0.380 e. The molecule has 2 N–H and O–H groups in total. The highest BCUT2D eigenvalue weighted by Gasteiger charge is 2.28. The van der Waals surface area contributed by atoms with Gasteiger partial charge in [-0.15, -0.1) is 0 Å². The minimum atomic E-state index is -0.284. The summed E-state index contributed by atoms with van der Waals surface area (Å²) in [7, 11) is 0. The summed E-state index contributed by atoms with van der Waals surface area (Å²) in [6.45, 7) is 2.27. The van der Waals surface area contributed by atoms with Gasteiger partial charge in [0, 0.05) is 11.5 Å². The fraction of sp³-hybridized carbons (Fsp3) is 0.438. The molecule has 3 rings (SSSR count). The molecule has 0 amide bonds. The van der Waals surface area contributed by atoms with Gasteiger partial charge in [-0.2, -0.15) is 0 Å². The summed E-state index contributed by atoms with van der Waals surface area (Å²) in [5.74, 6) is 1.80. The highest BCUT2D eigenvalue weighted by Crippen LogP contribution is 2.42. The van der Waals surface area contributed by atoms with Gasteiger partial charge in [-0.25, -0.2) is 4.39 Å². The molecule has 0 saturated heterocycles. The number of nitrogen functional groups attached to an aromatic ring is 1. The minimum Gasteiger partial charge on any atom is -0.380 e. The second kappa shape index (κ2) is 5.27. The lowest BCUT2D eigenvalue weighted by Crippen LogP contribution is -2.11. The molecule has 0 atom stereocenters. The van der Waals surface area contributed by atoms with Gasteiger partial charge in [0.15, 0.2) is 5.82 Å². The lowest BCUT2D eigenvalue weighted by molar-refractivity contribution is 0.289. The van der Waals surface area contributed by atoms with Crippen molar-refractivity contribution >= 4 is 5.82 Å². The van der Waals surface area contributed by atoms with Crippen LogP contribution in [0.1, 0.15) is 44.3 Å². The van der Waals surface area contributed by atoms with E-state index in [4.69, 9.17) is 10.3 Å². The first-order chi connectivity index (χ1) is 9.66. The third-order valence-corrected chi connectivity index (χ3v) is 4.27. The van der Waals surface area contributed by atoms with E-state index >= 15 is 0 Å². The zero-order valence-corrected chi connectivity index (χ0v) is 11.6. The zero-order chi connectivity index (χ0) is 14.1. The molecule has 0 aliphatic heterocycles. The number of hydrogen-bond acceptors (Lipinski definition) is 3. The summed E-state index contributed by atoms with van der Waals surface area (Å²) in [4.78, 5) is 0. The Hall–Kier alpha value is -1.84. The van der Waals surface area contributed by atoms with Crippen LogP contribution < -0.4 is 5.73 Å². The fourth-order valence-corrected chi connectivity index (χ4v) is 3.05. The van der Waals surface area contributed by atoms with E-state index < -0.39 is 0 Å². The molecule has 106 valence electrons. The Bertz CT molecular complexity index is 600. The molecule has 1 aliphatic carbocycles. The summed E-state index contributed by atoms with van der Waals surface area (Å²) in [5, 5.41) is 3.86. The molecule has 3 nitrogen and oxygen atoms in total. The smallest absolute Gasteiger partial charge is 0.175 e. The van der Waals surface area contributed by atoms with Gasteiger partial charge in [0.25, 0.3) is 0 Å². The molecule has 0 radical (unpaired) electrons. The first-order valence-electron chi connectivity index (χ1n) is 7.16. The van der Waals surface area contributed by atoms with Crippen LogP contribution in [0.15, 0.2) is 28.8 Å². The van der Waals surface area contributed by atoms with Crippen LogP contribution in [0.25, 0.3) is 11.1 Å². The molecule has 1 aliphatic rings. The number of halogens is 1. The Balaban J connectivity index is 2.00. The first-order valence-corrected chi connectivity index (χ1v) is 7.16. The van der Waals surface area contributed by atoms with Crippen LogP contribution in [0.3, 0.4) is 0 Å². The molecule has 1 aromatic heterocycles. The minimum absolute atomic E-state index is 0.281. The number of anilines is 1. The van der Waals surface area contributed by atoms with Crippen LogP contribution in [0.4, 0.5) is 10.2 Å². The molecular formula is C16H19FN2O. The Morgan fingerprint density at radius 2 is 1.90 bits per heavy atom. The predicted octanol–water partition coefficient (Wildman–Crippen LogP) is 4.36. The summed E-state index contributed by atoms with van der Waals surface area (Å²) in [5.41, 5.74) is 7.03. The predicted molar refractivity (Wildman–Crippen MR) is 76.7 cm³/mol. The van der Waals surface area contributed by atoms with Crippen LogP contribution in [-0.4, -0.2) is 5.16 Å². The molecule has 0 bridgehead atoms. The second-order valence-electron chi connectivity index (χ2n) is 5.74. The van der Waals surface area contributed by atoms with E-state index in [1.165, 1.54) is 18.9 Å². The quantitative estimate of drug-likeness (QED) is 0.885. The van der Waals surface area contributed by atoms with Gasteiger partial charge in [-0.1, -0.05) is 43.1 Å². The highest BCUT2D eigenvalue weighted by atomic mass is 19.1. The van der Waals surface area contributed by atoms with Crippen molar-refractivity contribution in [1.29, 1.82) is 0 Å². The molecular weight excluding hydrogens is 255 g/mol. The Morgan fingerprint density at radius 1 is 1.20 bits per heavy atom. The lowest BCUT2D eigenvalue weighted by atomic mass is 9.80.